The number of benzene rings is 1. The molecule has 1 aliphatic rings. The van der Waals surface area contributed by atoms with E-state index in [1.807, 2.05) is 0 Å². The van der Waals surface area contributed by atoms with E-state index in [0.717, 1.165) is 24.4 Å². The van der Waals surface area contributed by atoms with Crippen molar-refractivity contribution in [1.82, 2.24) is 9.88 Å². The molecule has 0 radical (unpaired) electrons. The van der Waals surface area contributed by atoms with Gasteiger partial charge in [-0.1, -0.05) is 6.07 Å². The molecule has 1 amide bonds. The van der Waals surface area contributed by atoms with Crippen LogP contribution >= 0.6 is 0 Å². The van der Waals surface area contributed by atoms with Crippen LogP contribution in [0.4, 0.5) is 30.7 Å². The highest BCUT2D eigenvalue weighted by Gasteiger charge is 2.39. The fourth-order valence-corrected chi connectivity index (χ4v) is 3.40. The standard InChI is InChI=1S/C20H17F7N2O2/c21-16-10-12(3-4-14(16)19(22,23)24)13(11-17(30)29-6-8-31-9-7-29)18-15(20(25,26)27)2-1-5-28-18/h1-5,10,13H,6-9,11H2/t13-/m0/s1. The van der Waals surface area contributed by atoms with Crippen LogP contribution < -0.4 is 0 Å². The second kappa shape index (κ2) is 8.81. The molecule has 2 aromatic rings. The molecule has 0 spiro atoms. The van der Waals surface area contributed by atoms with E-state index >= 15 is 0 Å². The summed E-state index contributed by atoms with van der Waals surface area (Å²) in [6, 6.07) is 3.65. The second-order valence-corrected chi connectivity index (χ2v) is 6.92. The minimum atomic E-state index is -4.97. The highest BCUT2D eigenvalue weighted by atomic mass is 19.4. The Bertz CT molecular complexity index is 938. The first-order chi connectivity index (χ1) is 14.5. The number of rotatable bonds is 4. The van der Waals surface area contributed by atoms with E-state index < -0.39 is 53.2 Å². The molecule has 31 heavy (non-hydrogen) atoms. The van der Waals surface area contributed by atoms with Gasteiger partial charge in [0.2, 0.25) is 5.91 Å². The van der Waals surface area contributed by atoms with Crippen LogP contribution in [-0.2, 0) is 21.9 Å². The normalized spacial score (nSPS) is 16.3. The van der Waals surface area contributed by atoms with Crippen LogP contribution in [0.1, 0.15) is 34.7 Å². The first-order valence-electron chi connectivity index (χ1n) is 9.22. The zero-order valence-corrected chi connectivity index (χ0v) is 15.9. The van der Waals surface area contributed by atoms with Gasteiger partial charge in [0.05, 0.1) is 30.0 Å². The summed E-state index contributed by atoms with van der Waals surface area (Å²) in [5, 5.41) is 0. The maximum absolute atomic E-state index is 14.2. The molecule has 0 saturated carbocycles. The predicted molar refractivity (Wildman–Crippen MR) is 94.5 cm³/mol. The molecule has 1 aliphatic heterocycles. The number of morpholine rings is 1. The maximum Gasteiger partial charge on any atom is 0.419 e. The van der Waals surface area contributed by atoms with Crippen molar-refractivity contribution in [3.63, 3.8) is 0 Å². The van der Waals surface area contributed by atoms with Gasteiger partial charge in [-0.3, -0.25) is 9.78 Å². The number of hydrogen-bond acceptors (Lipinski definition) is 3. The largest absolute Gasteiger partial charge is 0.419 e. The molecule has 168 valence electrons. The van der Waals surface area contributed by atoms with Gasteiger partial charge in [0.15, 0.2) is 0 Å². The lowest BCUT2D eigenvalue weighted by atomic mass is 9.88. The first kappa shape index (κ1) is 23.0. The fourth-order valence-electron chi connectivity index (χ4n) is 3.40. The van der Waals surface area contributed by atoms with Crippen molar-refractivity contribution in [3.8, 4) is 0 Å². The quantitative estimate of drug-likeness (QED) is 0.638. The minimum absolute atomic E-state index is 0.212. The smallest absolute Gasteiger partial charge is 0.378 e. The minimum Gasteiger partial charge on any atom is -0.378 e. The third-order valence-corrected chi connectivity index (χ3v) is 4.92. The molecule has 1 saturated heterocycles. The molecule has 4 nitrogen and oxygen atoms in total. The van der Waals surface area contributed by atoms with Crippen LogP contribution in [0, 0.1) is 5.82 Å². The van der Waals surface area contributed by atoms with Gasteiger partial charge in [-0.15, -0.1) is 0 Å². The number of aromatic nitrogens is 1. The van der Waals surface area contributed by atoms with Crippen LogP contribution in [0.25, 0.3) is 0 Å². The number of carbonyl (C=O) groups is 1. The van der Waals surface area contributed by atoms with Gasteiger partial charge in [0.25, 0.3) is 0 Å². The summed E-state index contributed by atoms with van der Waals surface area (Å²) in [5.41, 5.74) is -3.46. The number of ether oxygens (including phenoxy) is 1. The van der Waals surface area contributed by atoms with E-state index in [-0.39, 0.29) is 31.9 Å². The van der Waals surface area contributed by atoms with E-state index in [9.17, 15) is 35.5 Å². The third-order valence-electron chi connectivity index (χ3n) is 4.92. The molecule has 0 N–H and O–H groups in total. The monoisotopic (exact) mass is 450 g/mol. The van der Waals surface area contributed by atoms with Crippen molar-refractivity contribution < 1.29 is 40.3 Å². The average molecular weight is 450 g/mol. The van der Waals surface area contributed by atoms with Gasteiger partial charge in [-0.2, -0.15) is 26.3 Å². The fraction of sp³-hybridized carbons (Fsp3) is 0.400. The number of pyridine rings is 1. The van der Waals surface area contributed by atoms with Crippen LogP contribution in [-0.4, -0.2) is 42.1 Å². The molecule has 1 fully saturated rings. The Hall–Kier alpha value is -2.69. The van der Waals surface area contributed by atoms with Crippen LogP contribution in [0.15, 0.2) is 36.5 Å². The van der Waals surface area contributed by atoms with E-state index in [1.54, 1.807) is 0 Å². The molecular formula is C20H17F7N2O2. The summed E-state index contributed by atoms with van der Waals surface area (Å²) in [6.45, 7) is 0.952. The third kappa shape index (κ3) is 5.33. The van der Waals surface area contributed by atoms with Crippen molar-refractivity contribution in [2.24, 2.45) is 0 Å². The second-order valence-electron chi connectivity index (χ2n) is 6.92. The van der Waals surface area contributed by atoms with Crippen molar-refractivity contribution in [1.29, 1.82) is 0 Å². The zero-order chi connectivity index (χ0) is 22.8. The number of hydrogen-bond donors (Lipinski definition) is 0. The summed E-state index contributed by atoms with van der Waals surface area (Å²) in [7, 11) is 0. The highest BCUT2D eigenvalue weighted by Crippen LogP contribution is 2.39. The lowest BCUT2D eigenvalue weighted by molar-refractivity contribution is -0.140. The highest BCUT2D eigenvalue weighted by molar-refractivity contribution is 5.78. The molecule has 11 heteroatoms. The summed E-state index contributed by atoms with van der Waals surface area (Å²) in [4.78, 5) is 17.9. The summed E-state index contributed by atoms with van der Waals surface area (Å²) in [6.07, 6.45) is -9.24. The Morgan fingerprint density at radius 3 is 2.26 bits per heavy atom. The number of amides is 1. The molecule has 2 heterocycles. The molecular weight excluding hydrogens is 433 g/mol. The van der Waals surface area contributed by atoms with Crippen LogP contribution in [0.2, 0.25) is 0 Å². The number of alkyl halides is 6. The Kier molecular flexibility index (Phi) is 6.54. The van der Waals surface area contributed by atoms with Gasteiger partial charge >= 0.3 is 12.4 Å². The summed E-state index contributed by atoms with van der Waals surface area (Å²) < 4.78 is 98.6. The SMILES string of the molecule is O=C(C[C@@H](c1ccc(C(F)(F)F)c(F)c1)c1ncccc1C(F)(F)F)N1CCOCC1. The van der Waals surface area contributed by atoms with Gasteiger partial charge in [0, 0.05) is 31.6 Å². The van der Waals surface area contributed by atoms with Gasteiger partial charge < -0.3 is 9.64 Å². The zero-order valence-electron chi connectivity index (χ0n) is 15.9. The number of nitrogens with zero attached hydrogens (tertiary/aromatic N) is 2. The average Bonchev–Trinajstić information content (AvgIpc) is 2.71. The van der Waals surface area contributed by atoms with E-state index in [4.69, 9.17) is 4.74 Å². The van der Waals surface area contributed by atoms with Crippen LogP contribution in [0.3, 0.4) is 0 Å². The van der Waals surface area contributed by atoms with E-state index in [2.05, 4.69) is 4.98 Å². The van der Waals surface area contributed by atoms with Crippen molar-refractivity contribution in [2.75, 3.05) is 26.3 Å². The van der Waals surface area contributed by atoms with Crippen LogP contribution in [0.5, 0.6) is 0 Å². The molecule has 3 rings (SSSR count). The number of halogens is 7. The van der Waals surface area contributed by atoms with E-state index in [0.29, 0.717) is 12.1 Å². The van der Waals surface area contributed by atoms with Gasteiger partial charge in [0.1, 0.15) is 5.82 Å². The molecule has 1 aromatic heterocycles. The maximum atomic E-state index is 14.2. The Morgan fingerprint density at radius 1 is 1.03 bits per heavy atom. The predicted octanol–water partition coefficient (Wildman–Crippen LogP) is 4.64. The Balaban J connectivity index is 2.05. The summed E-state index contributed by atoms with van der Waals surface area (Å²) >= 11 is 0. The molecule has 0 unspecified atom stereocenters. The first-order valence-corrected chi connectivity index (χ1v) is 9.22. The lowest BCUT2D eigenvalue weighted by Gasteiger charge is -2.29. The molecule has 0 aliphatic carbocycles. The van der Waals surface area contributed by atoms with Crippen molar-refractivity contribution in [2.45, 2.75) is 24.7 Å². The molecule has 1 aromatic carbocycles. The number of carbonyl (C=O) groups excluding carboxylic acids is 1. The Morgan fingerprint density at radius 2 is 1.68 bits per heavy atom. The molecule has 0 bridgehead atoms. The van der Waals surface area contributed by atoms with E-state index in [1.165, 1.54) is 4.90 Å². The Labute approximate surface area is 172 Å². The van der Waals surface area contributed by atoms with Crippen molar-refractivity contribution >= 4 is 5.91 Å². The summed E-state index contributed by atoms with van der Waals surface area (Å²) in [5.74, 6) is -3.57. The van der Waals surface area contributed by atoms with Gasteiger partial charge in [-0.25, -0.2) is 4.39 Å². The lowest BCUT2D eigenvalue weighted by Crippen LogP contribution is -2.41. The molecule has 1 atom stereocenters. The topological polar surface area (TPSA) is 42.4 Å². The van der Waals surface area contributed by atoms with Gasteiger partial charge in [-0.05, 0) is 29.8 Å². The van der Waals surface area contributed by atoms with Crippen molar-refractivity contribution in [3.05, 3.63) is 64.7 Å².